The number of esters is 1. The van der Waals surface area contributed by atoms with E-state index in [1.54, 1.807) is 18.4 Å². The van der Waals surface area contributed by atoms with Crippen molar-refractivity contribution in [3.05, 3.63) is 16.3 Å². The summed E-state index contributed by atoms with van der Waals surface area (Å²) in [6.45, 7) is 2.12. The van der Waals surface area contributed by atoms with Gasteiger partial charge in [-0.3, -0.25) is 0 Å². The van der Waals surface area contributed by atoms with Gasteiger partial charge in [-0.15, -0.1) is 11.3 Å². The van der Waals surface area contributed by atoms with Crippen LogP contribution in [0.25, 0.3) is 6.08 Å². The molecule has 0 unspecified atom stereocenters. The quantitative estimate of drug-likeness (QED) is 0.587. The minimum atomic E-state index is -0.376. The number of carbonyl (C=O) groups excluding carboxylic acids is 1. The molecule has 1 rings (SSSR count). The molecule has 0 saturated carbocycles. The van der Waals surface area contributed by atoms with Gasteiger partial charge in [0.1, 0.15) is 0 Å². The van der Waals surface area contributed by atoms with Crippen LogP contribution < -0.4 is 11.5 Å². The van der Waals surface area contributed by atoms with Crippen LogP contribution in [0.2, 0.25) is 0 Å². The first-order valence-electron chi connectivity index (χ1n) is 4.12. The van der Waals surface area contributed by atoms with Gasteiger partial charge >= 0.3 is 5.97 Å². The van der Waals surface area contributed by atoms with Crippen molar-refractivity contribution in [3.63, 3.8) is 0 Å². The number of nitrogens with two attached hydrogens (primary N) is 2. The molecule has 1 heterocycles. The normalized spacial score (nSPS) is 10.6. The largest absolute Gasteiger partial charge is 0.463 e. The number of hydrogen-bond acceptors (Lipinski definition) is 5. The average molecular weight is 212 g/mol. The Balaban J connectivity index is 2.69. The number of anilines is 2. The first-order chi connectivity index (χ1) is 6.65. The zero-order valence-corrected chi connectivity index (χ0v) is 8.64. The van der Waals surface area contributed by atoms with Gasteiger partial charge in [-0.1, -0.05) is 0 Å². The zero-order valence-electron chi connectivity index (χ0n) is 7.82. The molecule has 0 saturated heterocycles. The van der Waals surface area contributed by atoms with Crippen LogP contribution in [0.3, 0.4) is 0 Å². The van der Waals surface area contributed by atoms with Crippen molar-refractivity contribution in [3.8, 4) is 0 Å². The summed E-state index contributed by atoms with van der Waals surface area (Å²) in [7, 11) is 0. The second-order valence-electron chi connectivity index (χ2n) is 2.55. The summed E-state index contributed by atoms with van der Waals surface area (Å²) in [5.74, 6) is -0.376. The minimum absolute atomic E-state index is 0.366. The number of nitrogen functional groups attached to an aromatic ring is 2. The SMILES string of the molecule is CCOC(=O)/C=C/c1scc(N)c1N. The van der Waals surface area contributed by atoms with Gasteiger partial charge in [0.05, 0.1) is 22.9 Å². The summed E-state index contributed by atoms with van der Waals surface area (Å²) in [6.07, 6.45) is 2.94. The molecule has 0 aliphatic carbocycles. The van der Waals surface area contributed by atoms with Gasteiger partial charge in [-0.2, -0.15) is 0 Å². The van der Waals surface area contributed by atoms with Gasteiger partial charge in [0.15, 0.2) is 0 Å². The van der Waals surface area contributed by atoms with E-state index in [0.717, 1.165) is 4.88 Å². The molecule has 76 valence electrons. The van der Waals surface area contributed by atoms with Crippen LogP contribution in [0.15, 0.2) is 11.5 Å². The molecule has 0 atom stereocenters. The Morgan fingerprint density at radius 3 is 2.86 bits per heavy atom. The highest BCUT2D eigenvalue weighted by molar-refractivity contribution is 7.12. The molecule has 0 spiro atoms. The Hall–Kier alpha value is -1.49. The van der Waals surface area contributed by atoms with Crippen molar-refractivity contribution in [2.75, 3.05) is 18.1 Å². The molecule has 4 nitrogen and oxygen atoms in total. The highest BCUT2D eigenvalue weighted by atomic mass is 32.1. The molecule has 0 radical (unpaired) electrons. The molecule has 1 aromatic rings. The van der Waals surface area contributed by atoms with E-state index in [4.69, 9.17) is 16.2 Å². The molecule has 0 aliphatic heterocycles. The molecule has 0 fully saturated rings. The molecule has 0 amide bonds. The highest BCUT2D eigenvalue weighted by Crippen LogP contribution is 2.28. The van der Waals surface area contributed by atoms with Crippen molar-refractivity contribution in [1.82, 2.24) is 0 Å². The average Bonchev–Trinajstić information content (AvgIpc) is 2.46. The first-order valence-corrected chi connectivity index (χ1v) is 5.00. The minimum Gasteiger partial charge on any atom is -0.463 e. The van der Waals surface area contributed by atoms with E-state index < -0.39 is 0 Å². The van der Waals surface area contributed by atoms with Crippen LogP contribution in [-0.2, 0) is 9.53 Å². The van der Waals surface area contributed by atoms with Crippen molar-refractivity contribution in [2.45, 2.75) is 6.92 Å². The zero-order chi connectivity index (χ0) is 10.6. The molecular weight excluding hydrogens is 200 g/mol. The predicted molar refractivity (Wildman–Crippen MR) is 58.8 cm³/mol. The fourth-order valence-electron chi connectivity index (χ4n) is 0.859. The number of carbonyl (C=O) groups is 1. The van der Waals surface area contributed by atoms with E-state index in [-0.39, 0.29) is 5.97 Å². The Labute approximate surface area is 86.2 Å². The molecule has 5 heteroatoms. The van der Waals surface area contributed by atoms with Crippen LogP contribution in [0.1, 0.15) is 11.8 Å². The maximum absolute atomic E-state index is 11.0. The molecule has 4 N–H and O–H groups in total. The second-order valence-corrected chi connectivity index (χ2v) is 3.47. The molecule has 14 heavy (non-hydrogen) atoms. The van der Waals surface area contributed by atoms with E-state index in [2.05, 4.69) is 0 Å². The summed E-state index contributed by atoms with van der Waals surface area (Å²) in [4.78, 5) is 11.7. The van der Waals surface area contributed by atoms with Gasteiger partial charge in [0.25, 0.3) is 0 Å². The Morgan fingerprint density at radius 1 is 1.64 bits per heavy atom. The van der Waals surface area contributed by atoms with E-state index in [9.17, 15) is 4.79 Å². The number of thiophene rings is 1. The summed E-state index contributed by atoms with van der Waals surface area (Å²) in [5.41, 5.74) is 12.2. The van der Waals surface area contributed by atoms with Crippen molar-refractivity contribution >= 4 is 34.8 Å². The number of hydrogen-bond donors (Lipinski definition) is 2. The Kier molecular flexibility index (Phi) is 3.53. The third kappa shape index (κ3) is 2.50. The lowest BCUT2D eigenvalue weighted by molar-refractivity contribution is -0.137. The van der Waals surface area contributed by atoms with Crippen LogP contribution in [0, 0.1) is 0 Å². The summed E-state index contributed by atoms with van der Waals surface area (Å²) < 4.78 is 4.72. The van der Waals surface area contributed by atoms with E-state index in [1.165, 1.54) is 17.4 Å². The first kappa shape index (κ1) is 10.6. The monoisotopic (exact) mass is 212 g/mol. The maximum Gasteiger partial charge on any atom is 0.330 e. The molecule has 0 bridgehead atoms. The topological polar surface area (TPSA) is 78.3 Å². The van der Waals surface area contributed by atoms with Crippen LogP contribution >= 0.6 is 11.3 Å². The third-order valence-corrected chi connectivity index (χ3v) is 2.53. The van der Waals surface area contributed by atoms with E-state index >= 15 is 0 Å². The van der Waals surface area contributed by atoms with Gasteiger partial charge < -0.3 is 16.2 Å². The lowest BCUT2D eigenvalue weighted by Crippen LogP contribution is -1.98. The summed E-state index contributed by atoms with van der Waals surface area (Å²) in [5, 5.41) is 1.74. The fourth-order valence-corrected chi connectivity index (χ4v) is 1.63. The van der Waals surface area contributed by atoms with Crippen LogP contribution in [-0.4, -0.2) is 12.6 Å². The Bertz CT molecular complexity index is 358. The Morgan fingerprint density at radius 2 is 2.36 bits per heavy atom. The van der Waals surface area contributed by atoms with E-state index in [1.807, 2.05) is 0 Å². The molecular formula is C9H12N2O2S. The van der Waals surface area contributed by atoms with Gasteiger partial charge in [-0.05, 0) is 13.0 Å². The van der Waals surface area contributed by atoms with Crippen molar-refractivity contribution in [2.24, 2.45) is 0 Å². The van der Waals surface area contributed by atoms with Gasteiger partial charge in [-0.25, -0.2) is 4.79 Å². The maximum atomic E-state index is 11.0. The van der Waals surface area contributed by atoms with Crippen molar-refractivity contribution in [1.29, 1.82) is 0 Å². The van der Waals surface area contributed by atoms with Crippen LogP contribution in [0.5, 0.6) is 0 Å². The standard InChI is InChI=1S/C9H12N2O2S/c1-2-13-8(12)4-3-7-9(11)6(10)5-14-7/h3-5H,2,10-11H2,1H3/b4-3+. The van der Waals surface area contributed by atoms with Gasteiger partial charge in [0, 0.05) is 11.5 Å². The number of rotatable bonds is 3. The second kappa shape index (κ2) is 4.66. The van der Waals surface area contributed by atoms with Crippen molar-refractivity contribution < 1.29 is 9.53 Å². The van der Waals surface area contributed by atoms with Crippen LogP contribution in [0.4, 0.5) is 11.4 Å². The summed E-state index contributed by atoms with van der Waals surface area (Å²) in [6, 6.07) is 0. The molecule has 0 aromatic carbocycles. The lowest BCUT2D eigenvalue weighted by Gasteiger charge is -1.94. The molecule has 1 aromatic heterocycles. The third-order valence-electron chi connectivity index (χ3n) is 1.55. The van der Waals surface area contributed by atoms with Gasteiger partial charge in [0.2, 0.25) is 0 Å². The lowest BCUT2D eigenvalue weighted by atomic mass is 10.3. The predicted octanol–water partition coefficient (Wildman–Crippen LogP) is 1.49. The smallest absolute Gasteiger partial charge is 0.330 e. The number of ether oxygens (including phenoxy) is 1. The highest BCUT2D eigenvalue weighted by Gasteiger charge is 2.02. The van der Waals surface area contributed by atoms with E-state index in [0.29, 0.717) is 18.0 Å². The fraction of sp³-hybridized carbons (Fsp3) is 0.222. The molecule has 0 aliphatic rings. The summed E-state index contributed by atoms with van der Waals surface area (Å²) >= 11 is 1.39.